The maximum Gasteiger partial charge on any atom is 0.127 e. The fraction of sp³-hybridized carbons (Fsp3) is 0.118. The molecule has 3 aromatic rings. The Morgan fingerprint density at radius 1 is 0.952 bits per heavy atom. The standard InChI is InChI=1S/C17H14ClFN2/c18-15-8-7-13(17-14(15)5-3-9-21-17)11-20-10-12-4-1-2-6-16(12)19/h1-9,20H,10-11H2. The fourth-order valence-corrected chi connectivity index (χ4v) is 2.53. The van der Waals surface area contributed by atoms with Crippen molar-refractivity contribution < 1.29 is 4.39 Å². The molecular formula is C17H14ClFN2. The summed E-state index contributed by atoms with van der Waals surface area (Å²) in [4.78, 5) is 4.39. The number of nitrogens with zero attached hydrogens (tertiary/aromatic N) is 1. The summed E-state index contributed by atoms with van der Waals surface area (Å²) in [6.45, 7) is 1.09. The van der Waals surface area contributed by atoms with Gasteiger partial charge in [0.1, 0.15) is 5.82 Å². The third-order valence-corrected chi connectivity index (χ3v) is 3.72. The predicted octanol–water partition coefficient (Wildman–Crippen LogP) is 4.32. The Hall–Kier alpha value is -1.97. The van der Waals surface area contributed by atoms with E-state index in [4.69, 9.17) is 11.6 Å². The second-order valence-electron chi connectivity index (χ2n) is 4.80. The molecule has 0 aliphatic rings. The maximum atomic E-state index is 13.6. The summed E-state index contributed by atoms with van der Waals surface area (Å²) < 4.78 is 13.6. The van der Waals surface area contributed by atoms with E-state index in [0.717, 1.165) is 16.5 Å². The monoisotopic (exact) mass is 300 g/mol. The molecule has 0 aliphatic heterocycles. The van der Waals surface area contributed by atoms with Gasteiger partial charge in [-0.3, -0.25) is 4.98 Å². The van der Waals surface area contributed by atoms with Crippen LogP contribution in [0.15, 0.2) is 54.7 Å². The van der Waals surface area contributed by atoms with Gasteiger partial charge in [-0.2, -0.15) is 0 Å². The number of hydrogen-bond acceptors (Lipinski definition) is 2. The smallest absolute Gasteiger partial charge is 0.127 e. The van der Waals surface area contributed by atoms with Crippen LogP contribution in [-0.4, -0.2) is 4.98 Å². The van der Waals surface area contributed by atoms with Crippen molar-refractivity contribution >= 4 is 22.5 Å². The molecule has 2 nitrogen and oxygen atoms in total. The Morgan fingerprint density at radius 2 is 1.76 bits per heavy atom. The zero-order valence-corrected chi connectivity index (χ0v) is 12.1. The van der Waals surface area contributed by atoms with E-state index in [1.54, 1.807) is 18.3 Å². The lowest BCUT2D eigenvalue weighted by molar-refractivity contribution is 0.588. The molecule has 3 rings (SSSR count). The van der Waals surface area contributed by atoms with Gasteiger partial charge in [0.2, 0.25) is 0 Å². The minimum absolute atomic E-state index is 0.191. The number of benzene rings is 2. The van der Waals surface area contributed by atoms with Gasteiger partial charge < -0.3 is 5.32 Å². The van der Waals surface area contributed by atoms with E-state index in [2.05, 4.69) is 10.3 Å². The molecule has 1 heterocycles. The molecule has 0 saturated heterocycles. The highest BCUT2D eigenvalue weighted by molar-refractivity contribution is 6.35. The van der Waals surface area contributed by atoms with Gasteiger partial charge in [0.15, 0.2) is 0 Å². The first kappa shape index (κ1) is 14.0. The number of pyridine rings is 1. The van der Waals surface area contributed by atoms with Gasteiger partial charge in [-0.15, -0.1) is 0 Å². The van der Waals surface area contributed by atoms with E-state index in [1.165, 1.54) is 6.07 Å². The molecule has 1 aromatic heterocycles. The molecule has 0 radical (unpaired) electrons. The molecule has 0 aliphatic carbocycles. The van der Waals surface area contributed by atoms with E-state index in [9.17, 15) is 4.39 Å². The minimum Gasteiger partial charge on any atom is -0.308 e. The Morgan fingerprint density at radius 3 is 2.62 bits per heavy atom. The predicted molar refractivity (Wildman–Crippen MR) is 83.7 cm³/mol. The average molecular weight is 301 g/mol. The molecule has 4 heteroatoms. The molecule has 0 bridgehead atoms. The summed E-state index contributed by atoms with van der Waals surface area (Å²) in [5.41, 5.74) is 2.58. The van der Waals surface area contributed by atoms with Crippen LogP contribution in [0.3, 0.4) is 0 Å². The summed E-state index contributed by atoms with van der Waals surface area (Å²) in [7, 11) is 0. The van der Waals surface area contributed by atoms with Crippen LogP contribution in [0, 0.1) is 5.82 Å². The van der Waals surface area contributed by atoms with Crippen LogP contribution >= 0.6 is 11.6 Å². The van der Waals surface area contributed by atoms with Crippen molar-refractivity contribution in [3.05, 3.63) is 76.7 Å². The SMILES string of the molecule is Fc1ccccc1CNCc1ccc(Cl)c2cccnc12. The first-order valence-electron chi connectivity index (χ1n) is 6.72. The van der Waals surface area contributed by atoms with Crippen molar-refractivity contribution in [3.63, 3.8) is 0 Å². The zero-order valence-electron chi connectivity index (χ0n) is 11.3. The summed E-state index contributed by atoms with van der Waals surface area (Å²) in [6.07, 6.45) is 1.75. The molecule has 106 valence electrons. The number of nitrogens with one attached hydrogen (secondary N) is 1. The Labute approximate surface area is 127 Å². The van der Waals surface area contributed by atoms with Gasteiger partial charge >= 0.3 is 0 Å². The number of hydrogen-bond donors (Lipinski definition) is 1. The lowest BCUT2D eigenvalue weighted by Crippen LogP contribution is -2.14. The van der Waals surface area contributed by atoms with E-state index < -0.39 is 0 Å². The Balaban J connectivity index is 1.77. The first-order valence-corrected chi connectivity index (χ1v) is 7.10. The van der Waals surface area contributed by atoms with Gasteiger partial charge in [-0.1, -0.05) is 35.9 Å². The largest absolute Gasteiger partial charge is 0.308 e. The summed E-state index contributed by atoms with van der Waals surface area (Å²) in [6, 6.07) is 14.4. The third-order valence-electron chi connectivity index (χ3n) is 3.39. The number of aromatic nitrogens is 1. The Kier molecular flexibility index (Phi) is 4.13. The zero-order chi connectivity index (χ0) is 14.7. The molecule has 2 aromatic carbocycles. The number of halogens is 2. The highest BCUT2D eigenvalue weighted by Crippen LogP contribution is 2.24. The van der Waals surface area contributed by atoms with Crippen molar-refractivity contribution in [1.29, 1.82) is 0 Å². The van der Waals surface area contributed by atoms with Crippen LogP contribution in [0.2, 0.25) is 5.02 Å². The van der Waals surface area contributed by atoms with Crippen molar-refractivity contribution in [2.45, 2.75) is 13.1 Å². The molecule has 21 heavy (non-hydrogen) atoms. The highest BCUT2D eigenvalue weighted by atomic mass is 35.5. The highest BCUT2D eigenvalue weighted by Gasteiger charge is 2.06. The summed E-state index contributed by atoms with van der Waals surface area (Å²) in [5, 5.41) is 4.87. The van der Waals surface area contributed by atoms with Crippen LogP contribution in [0.5, 0.6) is 0 Å². The first-order chi connectivity index (χ1) is 10.3. The van der Waals surface area contributed by atoms with Gasteiger partial charge in [-0.25, -0.2) is 4.39 Å². The molecule has 0 saturated carbocycles. The molecule has 0 unspecified atom stereocenters. The average Bonchev–Trinajstić information content (AvgIpc) is 2.52. The topological polar surface area (TPSA) is 24.9 Å². The van der Waals surface area contributed by atoms with Crippen molar-refractivity contribution in [2.75, 3.05) is 0 Å². The van der Waals surface area contributed by atoms with Crippen LogP contribution in [0.1, 0.15) is 11.1 Å². The van der Waals surface area contributed by atoms with Gasteiger partial charge in [-0.05, 0) is 29.8 Å². The number of rotatable bonds is 4. The van der Waals surface area contributed by atoms with Crippen molar-refractivity contribution in [1.82, 2.24) is 10.3 Å². The molecule has 0 fully saturated rings. The second kappa shape index (κ2) is 6.20. The number of fused-ring (bicyclic) bond motifs is 1. The van der Waals surface area contributed by atoms with Crippen molar-refractivity contribution in [3.8, 4) is 0 Å². The fourth-order valence-electron chi connectivity index (χ4n) is 2.31. The minimum atomic E-state index is -0.191. The summed E-state index contributed by atoms with van der Waals surface area (Å²) in [5.74, 6) is -0.191. The Bertz CT molecular complexity index is 774. The lowest BCUT2D eigenvalue weighted by atomic mass is 10.1. The van der Waals surface area contributed by atoms with Crippen molar-refractivity contribution in [2.24, 2.45) is 0 Å². The van der Waals surface area contributed by atoms with E-state index in [-0.39, 0.29) is 5.82 Å². The van der Waals surface area contributed by atoms with E-state index in [0.29, 0.717) is 23.7 Å². The molecular weight excluding hydrogens is 287 g/mol. The molecule has 0 spiro atoms. The third kappa shape index (κ3) is 3.04. The molecule has 1 N–H and O–H groups in total. The quantitative estimate of drug-likeness (QED) is 0.776. The maximum absolute atomic E-state index is 13.6. The van der Waals surface area contributed by atoms with Crippen LogP contribution in [0.4, 0.5) is 4.39 Å². The van der Waals surface area contributed by atoms with Crippen LogP contribution in [-0.2, 0) is 13.1 Å². The van der Waals surface area contributed by atoms with Crippen LogP contribution in [0.25, 0.3) is 10.9 Å². The molecule has 0 atom stereocenters. The van der Waals surface area contributed by atoms with E-state index >= 15 is 0 Å². The normalized spacial score (nSPS) is 11.0. The van der Waals surface area contributed by atoms with Gasteiger partial charge in [0, 0.05) is 35.3 Å². The molecule has 0 amide bonds. The second-order valence-corrected chi connectivity index (χ2v) is 5.21. The van der Waals surface area contributed by atoms with Gasteiger partial charge in [0.05, 0.1) is 5.52 Å². The van der Waals surface area contributed by atoms with Crippen LogP contribution < -0.4 is 5.32 Å². The van der Waals surface area contributed by atoms with E-state index in [1.807, 2.05) is 30.3 Å². The summed E-state index contributed by atoms with van der Waals surface area (Å²) >= 11 is 6.17. The lowest BCUT2D eigenvalue weighted by Gasteiger charge is -2.09. The van der Waals surface area contributed by atoms with Gasteiger partial charge in [0.25, 0.3) is 0 Å².